The molecule has 1 saturated carbocycles. The van der Waals surface area contributed by atoms with Crippen LogP contribution in [0.4, 0.5) is 0 Å². The Hall–Kier alpha value is -0.350. The summed E-state index contributed by atoms with van der Waals surface area (Å²) in [6.45, 7) is 6.66. The molecule has 1 aromatic rings. The van der Waals surface area contributed by atoms with Crippen molar-refractivity contribution in [1.29, 1.82) is 0 Å². The summed E-state index contributed by atoms with van der Waals surface area (Å²) in [5.41, 5.74) is 2.44. The minimum atomic E-state index is 0. The van der Waals surface area contributed by atoms with E-state index in [0.29, 0.717) is 6.04 Å². The minimum Gasteiger partial charge on any atom is -0.314 e. The van der Waals surface area contributed by atoms with Gasteiger partial charge < -0.3 is 5.32 Å². The number of piperazine rings is 1. The molecular formula is C15H25Cl2N3. The Labute approximate surface area is 134 Å². The molecule has 1 saturated heterocycles. The van der Waals surface area contributed by atoms with Crippen LogP contribution in [0.3, 0.4) is 0 Å². The van der Waals surface area contributed by atoms with Gasteiger partial charge in [-0.05, 0) is 37.8 Å². The van der Waals surface area contributed by atoms with Crippen LogP contribution in [0.2, 0.25) is 0 Å². The fourth-order valence-electron chi connectivity index (χ4n) is 3.17. The Kier molecular flexibility index (Phi) is 7.24. The smallest absolute Gasteiger partial charge is 0.0581 e. The largest absolute Gasteiger partial charge is 0.314 e. The van der Waals surface area contributed by atoms with Crippen molar-refractivity contribution in [3.05, 3.63) is 29.6 Å². The number of pyridine rings is 1. The van der Waals surface area contributed by atoms with Gasteiger partial charge in [-0.25, -0.2) is 0 Å². The number of hydrogen-bond acceptors (Lipinski definition) is 3. The molecule has 1 N–H and O–H groups in total. The molecule has 114 valence electrons. The quantitative estimate of drug-likeness (QED) is 0.929. The molecule has 0 spiro atoms. The third-order valence-corrected chi connectivity index (χ3v) is 4.35. The predicted molar refractivity (Wildman–Crippen MR) is 88.0 cm³/mol. The lowest BCUT2D eigenvalue weighted by molar-refractivity contribution is 0.0808. The fraction of sp³-hybridized carbons (Fsp3) is 0.667. The normalized spacial score (nSPS) is 21.2. The van der Waals surface area contributed by atoms with E-state index in [4.69, 9.17) is 4.98 Å². The molecule has 2 heterocycles. The van der Waals surface area contributed by atoms with Crippen LogP contribution in [0.25, 0.3) is 0 Å². The summed E-state index contributed by atoms with van der Waals surface area (Å²) in [4.78, 5) is 7.43. The van der Waals surface area contributed by atoms with E-state index in [1.54, 1.807) is 0 Å². The molecule has 20 heavy (non-hydrogen) atoms. The Bertz CT molecular complexity index is 404. The van der Waals surface area contributed by atoms with Crippen molar-refractivity contribution in [2.75, 3.05) is 26.2 Å². The van der Waals surface area contributed by atoms with Gasteiger partial charge in [0.05, 0.1) is 11.7 Å². The first kappa shape index (κ1) is 17.7. The zero-order valence-corrected chi connectivity index (χ0v) is 13.7. The second-order valence-electron chi connectivity index (χ2n) is 5.63. The van der Waals surface area contributed by atoms with Gasteiger partial charge in [0.2, 0.25) is 0 Å². The summed E-state index contributed by atoms with van der Waals surface area (Å²) in [5, 5.41) is 3.45. The van der Waals surface area contributed by atoms with Gasteiger partial charge in [-0.2, -0.15) is 0 Å². The summed E-state index contributed by atoms with van der Waals surface area (Å²) < 4.78 is 0. The zero-order valence-electron chi connectivity index (χ0n) is 12.0. The van der Waals surface area contributed by atoms with Crippen molar-refractivity contribution in [2.45, 2.75) is 32.2 Å². The SMILES string of the molecule is Cc1cccc([C@@H](C2CCC2)N2CCNCC2)n1.Cl.Cl. The van der Waals surface area contributed by atoms with Gasteiger partial charge in [0.25, 0.3) is 0 Å². The van der Waals surface area contributed by atoms with E-state index in [1.807, 2.05) is 0 Å². The maximum Gasteiger partial charge on any atom is 0.0581 e. The average molecular weight is 318 g/mol. The van der Waals surface area contributed by atoms with Crippen molar-refractivity contribution < 1.29 is 0 Å². The van der Waals surface area contributed by atoms with Crippen molar-refractivity contribution in [3.8, 4) is 0 Å². The highest BCUT2D eigenvalue weighted by molar-refractivity contribution is 5.85. The van der Waals surface area contributed by atoms with Gasteiger partial charge in [-0.1, -0.05) is 12.5 Å². The van der Waals surface area contributed by atoms with Crippen LogP contribution in [0.15, 0.2) is 18.2 Å². The first-order chi connectivity index (χ1) is 8.84. The molecule has 1 aromatic heterocycles. The zero-order chi connectivity index (χ0) is 12.4. The number of nitrogens with one attached hydrogen (secondary N) is 1. The third-order valence-electron chi connectivity index (χ3n) is 4.35. The second kappa shape index (κ2) is 8.18. The van der Waals surface area contributed by atoms with Gasteiger partial charge in [0.1, 0.15) is 0 Å². The van der Waals surface area contributed by atoms with Crippen molar-refractivity contribution in [3.63, 3.8) is 0 Å². The van der Waals surface area contributed by atoms with E-state index >= 15 is 0 Å². The summed E-state index contributed by atoms with van der Waals surface area (Å²) >= 11 is 0. The number of aromatic nitrogens is 1. The van der Waals surface area contributed by atoms with Crippen LogP contribution >= 0.6 is 24.8 Å². The first-order valence-electron chi connectivity index (χ1n) is 7.23. The van der Waals surface area contributed by atoms with Crippen molar-refractivity contribution in [2.24, 2.45) is 5.92 Å². The van der Waals surface area contributed by atoms with Gasteiger partial charge in [-0.15, -0.1) is 24.8 Å². The first-order valence-corrected chi connectivity index (χ1v) is 7.23. The topological polar surface area (TPSA) is 28.2 Å². The van der Waals surface area contributed by atoms with Gasteiger partial charge in [0.15, 0.2) is 0 Å². The molecule has 0 unspecified atom stereocenters. The Morgan fingerprint density at radius 1 is 1.20 bits per heavy atom. The van der Waals surface area contributed by atoms with Crippen molar-refractivity contribution in [1.82, 2.24) is 15.2 Å². The number of rotatable bonds is 3. The van der Waals surface area contributed by atoms with Crippen LogP contribution in [-0.2, 0) is 0 Å². The Morgan fingerprint density at radius 2 is 1.90 bits per heavy atom. The molecule has 1 atom stereocenters. The standard InChI is InChI=1S/C15H23N3.2ClH/c1-12-4-2-7-14(17-12)15(13-5-3-6-13)18-10-8-16-9-11-18;;/h2,4,7,13,15-16H,3,5-6,8-11H2,1H3;2*1H/t15-;;/m1../s1. The Morgan fingerprint density at radius 3 is 2.45 bits per heavy atom. The van der Waals surface area contributed by atoms with Crippen molar-refractivity contribution >= 4 is 24.8 Å². The molecule has 3 rings (SSSR count). The van der Waals surface area contributed by atoms with Crippen LogP contribution in [0, 0.1) is 12.8 Å². The molecule has 3 nitrogen and oxygen atoms in total. The molecule has 2 aliphatic rings. The lowest BCUT2D eigenvalue weighted by Gasteiger charge is -2.42. The third kappa shape index (κ3) is 3.85. The minimum absolute atomic E-state index is 0. The molecule has 1 aliphatic heterocycles. The average Bonchev–Trinajstić information content (AvgIpc) is 2.34. The van der Waals surface area contributed by atoms with Gasteiger partial charge in [-0.3, -0.25) is 9.88 Å². The number of halogens is 2. The fourth-order valence-corrected chi connectivity index (χ4v) is 3.17. The van der Waals surface area contributed by atoms with Crippen LogP contribution in [0.1, 0.15) is 36.7 Å². The maximum atomic E-state index is 4.79. The van der Waals surface area contributed by atoms with E-state index in [0.717, 1.165) is 37.8 Å². The Balaban J connectivity index is 0.000001000. The summed E-state index contributed by atoms with van der Waals surface area (Å²) in [7, 11) is 0. The summed E-state index contributed by atoms with van der Waals surface area (Å²) in [6, 6.07) is 7.03. The van der Waals surface area contributed by atoms with Gasteiger partial charge >= 0.3 is 0 Å². The summed E-state index contributed by atoms with van der Waals surface area (Å²) in [5.74, 6) is 0.831. The molecule has 2 fully saturated rings. The molecule has 0 amide bonds. The number of nitrogens with zero attached hydrogens (tertiary/aromatic N) is 2. The lowest BCUT2D eigenvalue weighted by Crippen LogP contribution is -2.48. The highest BCUT2D eigenvalue weighted by atomic mass is 35.5. The van der Waals surface area contributed by atoms with Crippen LogP contribution in [0.5, 0.6) is 0 Å². The predicted octanol–water partition coefficient (Wildman–Crippen LogP) is 2.98. The molecular weight excluding hydrogens is 293 g/mol. The maximum absolute atomic E-state index is 4.79. The monoisotopic (exact) mass is 317 g/mol. The molecule has 0 aromatic carbocycles. The number of hydrogen-bond donors (Lipinski definition) is 1. The number of aryl methyl sites for hydroxylation is 1. The molecule has 1 aliphatic carbocycles. The van der Waals surface area contributed by atoms with E-state index < -0.39 is 0 Å². The second-order valence-corrected chi connectivity index (χ2v) is 5.63. The molecule has 0 radical (unpaired) electrons. The van der Waals surface area contributed by atoms with Crippen LogP contribution < -0.4 is 5.32 Å². The van der Waals surface area contributed by atoms with E-state index in [9.17, 15) is 0 Å². The molecule has 0 bridgehead atoms. The lowest BCUT2D eigenvalue weighted by atomic mass is 9.77. The van der Waals surface area contributed by atoms with E-state index in [1.165, 1.54) is 25.0 Å². The van der Waals surface area contributed by atoms with Gasteiger partial charge in [0, 0.05) is 31.9 Å². The van der Waals surface area contributed by atoms with E-state index in [2.05, 4.69) is 35.3 Å². The van der Waals surface area contributed by atoms with E-state index in [-0.39, 0.29) is 24.8 Å². The van der Waals surface area contributed by atoms with Crippen LogP contribution in [-0.4, -0.2) is 36.1 Å². The highest BCUT2D eigenvalue weighted by Gasteiger charge is 2.34. The molecule has 5 heteroatoms. The highest BCUT2D eigenvalue weighted by Crippen LogP contribution is 2.40. The summed E-state index contributed by atoms with van der Waals surface area (Å²) in [6.07, 6.45) is 4.16.